The Labute approximate surface area is 212 Å². The van der Waals surface area contributed by atoms with Gasteiger partial charge in [-0.1, -0.05) is 6.07 Å². The van der Waals surface area contributed by atoms with E-state index in [9.17, 15) is 30.4 Å². The van der Waals surface area contributed by atoms with Crippen LogP contribution in [0, 0.1) is 11.6 Å². The maximum Gasteiger partial charge on any atom is 0.405 e. The molecule has 0 aliphatic rings. The van der Waals surface area contributed by atoms with Crippen LogP contribution in [-0.4, -0.2) is 43.2 Å². The second-order valence-electron chi connectivity index (χ2n) is 7.94. The zero-order chi connectivity index (χ0) is 27.7. The van der Waals surface area contributed by atoms with E-state index in [0.717, 1.165) is 12.1 Å². The Bertz CT molecular complexity index is 1620. The predicted octanol–water partition coefficient (Wildman–Crippen LogP) is 4.21. The number of methoxy groups -OCH3 is 1. The summed E-state index contributed by atoms with van der Waals surface area (Å²) in [5.74, 6) is -2.43. The van der Waals surface area contributed by atoms with Crippen LogP contribution in [0.1, 0.15) is 5.56 Å². The lowest BCUT2D eigenvalue weighted by molar-refractivity contribution is -0.115. The smallest absolute Gasteiger partial charge is 0.405 e. The Morgan fingerprint density at radius 3 is 2.37 bits per heavy atom. The van der Waals surface area contributed by atoms with Crippen LogP contribution in [0.2, 0.25) is 0 Å². The molecule has 0 fully saturated rings. The first-order valence-electron chi connectivity index (χ1n) is 10.7. The molecule has 0 saturated heterocycles. The summed E-state index contributed by atoms with van der Waals surface area (Å²) in [6.07, 6.45) is -4.57. The normalized spacial score (nSPS) is 12.0. The number of alkyl halides is 3. The van der Waals surface area contributed by atoms with Crippen molar-refractivity contribution in [2.24, 2.45) is 5.14 Å². The fourth-order valence-corrected chi connectivity index (χ4v) is 4.17. The highest BCUT2D eigenvalue weighted by molar-refractivity contribution is 7.89. The molecule has 0 aliphatic carbocycles. The second-order valence-corrected chi connectivity index (χ2v) is 9.47. The molecule has 15 heteroatoms. The molecule has 0 spiro atoms. The lowest BCUT2D eigenvalue weighted by Crippen LogP contribution is -2.22. The van der Waals surface area contributed by atoms with Crippen molar-refractivity contribution < 1.29 is 35.1 Å². The van der Waals surface area contributed by atoms with E-state index in [4.69, 9.17) is 9.88 Å². The van der Waals surface area contributed by atoms with Gasteiger partial charge in [-0.25, -0.2) is 32.3 Å². The van der Waals surface area contributed by atoms with Crippen LogP contribution in [0.4, 0.5) is 33.7 Å². The molecule has 38 heavy (non-hydrogen) atoms. The first kappa shape index (κ1) is 26.9. The third-order valence-corrected chi connectivity index (χ3v) is 6.13. The van der Waals surface area contributed by atoms with E-state index in [2.05, 4.69) is 25.6 Å². The summed E-state index contributed by atoms with van der Waals surface area (Å²) in [7, 11) is -2.89. The average molecular weight is 555 g/mol. The highest BCUT2D eigenvalue weighted by atomic mass is 32.2. The fraction of sp³-hybridized carbons (Fsp3) is 0.174. The van der Waals surface area contributed by atoms with Crippen molar-refractivity contribution in [3.63, 3.8) is 0 Å². The Hall–Kier alpha value is -4.11. The quantitative estimate of drug-likeness (QED) is 0.276. The van der Waals surface area contributed by atoms with Gasteiger partial charge >= 0.3 is 6.18 Å². The Kier molecular flexibility index (Phi) is 7.33. The largest absolute Gasteiger partial charge is 0.495 e. The molecular formula is C23H19F5N6O3S. The first-order chi connectivity index (χ1) is 17.8. The number of sulfonamides is 1. The number of aromatic nitrogens is 3. The van der Waals surface area contributed by atoms with Crippen LogP contribution in [0.3, 0.4) is 0 Å². The minimum absolute atomic E-state index is 0.00431. The average Bonchev–Trinajstić information content (AvgIpc) is 2.86. The lowest BCUT2D eigenvalue weighted by Gasteiger charge is -2.14. The molecule has 0 aliphatic heterocycles. The van der Waals surface area contributed by atoms with Gasteiger partial charge in [0.05, 0.1) is 18.3 Å². The number of rotatable bonds is 8. The Morgan fingerprint density at radius 2 is 1.71 bits per heavy atom. The zero-order valence-corrected chi connectivity index (χ0v) is 20.3. The first-order valence-corrected chi connectivity index (χ1v) is 12.3. The molecule has 4 N–H and O–H groups in total. The SMILES string of the molecule is COc1ccc(-c2ccc3nc(NCc4ccc(F)c(F)c4)nc(NCC(F)(F)F)c3n2)cc1S(N)(=O)=O. The number of hydrogen-bond acceptors (Lipinski definition) is 8. The maximum atomic E-state index is 13.5. The van der Waals surface area contributed by atoms with Crippen molar-refractivity contribution in [3.8, 4) is 17.0 Å². The van der Waals surface area contributed by atoms with E-state index in [-0.39, 0.29) is 45.7 Å². The van der Waals surface area contributed by atoms with Gasteiger partial charge < -0.3 is 15.4 Å². The molecule has 9 nitrogen and oxygen atoms in total. The molecule has 0 amide bonds. The highest BCUT2D eigenvalue weighted by Gasteiger charge is 2.27. The van der Waals surface area contributed by atoms with Crippen molar-refractivity contribution in [1.82, 2.24) is 15.0 Å². The van der Waals surface area contributed by atoms with E-state index < -0.39 is 34.4 Å². The van der Waals surface area contributed by atoms with Crippen LogP contribution in [0.15, 0.2) is 53.4 Å². The van der Waals surface area contributed by atoms with E-state index in [1.807, 2.05) is 0 Å². The van der Waals surface area contributed by atoms with E-state index >= 15 is 0 Å². The Balaban J connectivity index is 1.74. The monoisotopic (exact) mass is 554 g/mol. The summed E-state index contributed by atoms with van der Waals surface area (Å²) >= 11 is 0. The molecule has 0 bridgehead atoms. The van der Waals surface area contributed by atoms with Crippen LogP contribution in [0.25, 0.3) is 22.3 Å². The van der Waals surface area contributed by atoms with Crippen LogP contribution in [0.5, 0.6) is 5.75 Å². The topological polar surface area (TPSA) is 132 Å². The molecule has 4 aromatic rings. The van der Waals surface area contributed by atoms with Gasteiger partial charge in [0.2, 0.25) is 16.0 Å². The van der Waals surface area contributed by atoms with Crippen molar-refractivity contribution >= 4 is 32.8 Å². The molecule has 200 valence electrons. The van der Waals surface area contributed by atoms with E-state index in [1.54, 1.807) is 0 Å². The van der Waals surface area contributed by atoms with Gasteiger partial charge in [-0.05, 0) is 48.0 Å². The lowest BCUT2D eigenvalue weighted by atomic mass is 10.1. The second kappa shape index (κ2) is 10.3. The summed E-state index contributed by atoms with van der Waals surface area (Å²) < 4.78 is 94.5. The number of halogens is 5. The van der Waals surface area contributed by atoms with E-state index in [1.165, 1.54) is 43.5 Å². The molecule has 2 aromatic carbocycles. The molecule has 0 saturated carbocycles. The molecule has 2 heterocycles. The summed E-state index contributed by atoms with van der Waals surface area (Å²) in [4.78, 5) is 12.4. The number of primary sulfonamides is 1. The van der Waals surface area contributed by atoms with Crippen LogP contribution < -0.4 is 20.5 Å². The fourth-order valence-electron chi connectivity index (χ4n) is 3.45. The van der Waals surface area contributed by atoms with Crippen molar-refractivity contribution in [2.75, 3.05) is 24.3 Å². The van der Waals surface area contributed by atoms with Gasteiger partial charge in [-0.3, -0.25) is 0 Å². The summed E-state index contributed by atoms with van der Waals surface area (Å²) in [5, 5.41) is 10.2. The number of nitrogens with two attached hydrogens (primary N) is 1. The summed E-state index contributed by atoms with van der Waals surface area (Å²) in [5.41, 5.74) is 0.959. The Morgan fingerprint density at radius 1 is 0.947 bits per heavy atom. The molecule has 0 atom stereocenters. The summed E-state index contributed by atoms with van der Waals surface area (Å²) in [6.45, 7) is -1.47. The molecule has 2 aromatic heterocycles. The van der Waals surface area contributed by atoms with Gasteiger partial charge in [0.25, 0.3) is 0 Å². The number of nitrogens with one attached hydrogen (secondary N) is 2. The standard InChI is InChI=1S/C23H19F5N6O3S/c1-37-18-7-3-13(9-19(18)38(29,35)36)16-5-6-17-20(32-16)21(31-11-23(26,27)28)34-22(33-17)30-10-12-2-4-14(24)15(25)8-12/h2-9H,10-11H2,1H3,(H2,29,35,36)(H2,30,31,33,34). The van der Waals surface area contributed by atoms with Gasteiger partial charge in [0, 0.05) is 12.1 Å². The number of anilines is 2. The maximum absolute atomic E-state index is 13.5. The van der Waals surface area contributed by atoms with Crippen molar-refractivity contribution in [3.05, 3.63) is 65.7 Å². The van der Waals surface area contributed by atoms with Crippen molar-refractivity contribution in [1.29, 1.82) is 0 Å². The minimum atomic E-state index is -4.57. The van der Waals surface area contributed by atoms with Gasteiger partial charge in [-0.2, -0.15) is 18.2 Å². The van der Waals surface area contributed by atoms with Crippen LogP contribution in [-0.2, 0) is 16.6 Å². The van der Waals surface area contributed by atoms with Gasteiger partial charge in [0.1, 0.15) is 22.7 Å². The van der Waals surface area contributed by atoms with Gasteiger partial charge in [0.15, 0.2) is 17.5 Å². The predicted molar refractivity (Wildman–Crippen MR) is 129 cm³/mol. The number of nitrogens with zero attached hydrogens (tertiary/aromatic N) is 3. The number of fused-ring (bicyclic) bond motifs is 1. The number of pyridine rings is 1. The molecule has 4 rings (SSSR count). The van der Waals surface area contributed by atoms with Crippen molar-refractivity contribution in [2.45, 2.75) is 17.6 Å². The minimum Gasteiger partial charge on any atom is -0.495 e. The highest BCUT2D eigenvalue weighted by Crippen LogP contribution is 2.31. The molecule has 0 unspecified atom stereocenters. The summed E-state index contributed by atoms with van der Waals surface area (Å²) in [6, 6.07) is 10.3. The third kappa shape index (κ3) is 6.23. The van der Waals surface area contributed by atoms with E-state index in [0.29, 0.717) is 11.1 Å². The number of benzene rings is 2. The number of ether oxygens (including phenoxy) is 1. The third-order valence-electron chi connectivity index (χ3n) is 5.20. The van der Waals surface area contributed by atoms with Crippen LogP contribution >= 0.6 is 0 Å². The molecule has 0 radical (unpaired) electrons. The zero-order valence-electron chi connectivity index (χ0n) is 19.5. The van der Waals surface area contributed by atoms with Gasteiger partial charge in [-0.15, -0.1) is 0 Å². The molecular weight excluding hydrogens is 535 g/mol. The number of hydrogen-bond donors (Lipinski definition) is 3.